The Bertz CT molecular complexity index is 187. The lowest BCUT2D eigenvalue weighted by Gasteiger charge is -2.26. The quantitative estimate of drug-likeness (QED) is 0.644. The van der Waals surface area contributed by atoms with Gasteiger partial charge in [0.05, 0.1) is 18.3 Å². The third-order valence-electron chi connectivity index (χ3n) is 3.95. The summed E-state index contributed by atoms with van der Waals surface area (Å²) in [6, 6.07) is 0. The maximum absolute atomic E-state index is 10.1. The molecule has 0 saturated heterocycles. The molecule has 0 heterocycles. The van der Waals surface area contributed by atoms with E-state index in [1.807, 2.05) is 13.8 Å². The monoisotopic (exact) mass is 243 g/mol. The minimum absolute atomic E-state index is 0.488. The van der Waals surface area contributed by atoms with Gasteiger partial charge in [-0.3, -0.25) is 0 Å². The van der Waals surface area contributed by atoms with Gasteiger partial charge >= 0.3 is 0 Å². The Kier molecular flexibility index (Phi) is 7.09. The first kappa shape index (κ1) is 14.9. The molecule has 1 aliphatic carbocycles. The van der Waals surface area contributed by atoms with Crippen LogP contribution in [0.1, 0.15) is 58.8 Å². The zero-order valence-corrected chi connectivity index (χ0v) is 11.5. The van der Waals surface area contributed by atoms with E-state index in [0.717, 1.165) is 26.0 Å². The number of aliphatic hydroxyl groups is 1. The van der Waals surface area contributed by atoms with Crippen LogP contribution >= 0.6 is 0 Å². The molecule has 0 aliphatic heterocycles. The summed E-state index contributed by atoms with van der Waals surface area (Å²) >= 11 is 0. The van der Waals surface area contributed by atoms with Crippen LogP contribution in [0.3, 0.4) is 0 Å². The first-order valence-electron chi connectivity index (χ1n) is 7.25. The van der Waals surface area contributed by atoms with Crippen LogP contribution in [0.15, 0.2) is 0 Å². The molecule has 0 unspecified atom stereocenters. The van der Waals surface area contributed by atoms with E-state index in [1.54, 1.807) is 0 Å². The van der Waals surface area contributed by atoms with Gasteiger partial charge in [0, 0.05) is 13.1 Å². The van der Waals surface area contributed by atoms with E-state index in [9.17, 15) is 5.11 Å². The lowest BCUT2D eigenvalue weighted by molar-refractivity contribution is 0.0163. The lowest BCUT2D eigenvalue weighted by Crippen LogP contribution is -2.40. The molecule has 0 aromatic heterocycles. The van der Waals surface area contributed by atoms with Gasteiger partial charge in [0.25, 0.3) is 0 Å². The van der Waals surface area contributed by atoms with Crippen LogP contribution in [-0.4, -0.2) is 36.5 Å². The fourth-order valence-electron chi connectivity index (χ4n) is 2.35. The van der Waals surface area contributed by atoms with E-state index in [1.165, 1.54) is 32.1 Å². The average Bonchev–Trinajstić information content (AvgIpc) is 2.39. The first-order chi connectivity index (χ1) is 8.20. The van der Waals surface area contributed by atoms with Crippen LogP contribution in [0.5, 0.6) is 0 Å². The molecule has 3 nitrogen and oxygen atoms in total. The zero-order valence-electron chi connectivity index (χ0n) is 11.5. The summed E-state index contributed by atoms with van der Waals surface area (Å²) in [5.74, 6) is 0. The predicted octanol–water partition coefficient (Wildman–Crippen LogP) is 2.48. The molecule has 0 aromatic rings. The van der Waals surface area contributed by atoms with E-state index >= 15 is 0 Å². The molecule has 1 aliphatic rings. The second kappa shape index (κ2) is 8.06. The molecule has 0 bridgehead atoms. The normalized spacial score (nSPS) is 18.5. The molecule has 3 heteroatoms. The minimum atomic E-state index is -0.537. The minimum Gasteiger partial charge on any atom is -0.389 e. The molecule has 1 fully saturated rings. The number of hydrogen-bond acceptors (Lipinski definition) is 3. The zero-order chi connectivity index (χ0) is 12.6. The molecule has 0 amide bonds. The highest BCUT2D eigenvalue weighted by Gasteiger charge is 2.21. The predicted molar refractivity (Wildman–Crippen MR) is 71.2 cm³/mol. The molecule has 0 atom stereocenters. The van der Waals surface area contributed by atoms with Crippen molar-refractivity contribution in [3.05, 3.63) is 0 Å². The van der Waals surface area contributed by atoms with E-state index in [-0.39, 0.29) is 0 Å². The highest BCUT2D eigenvalue weighted by atomic mass is 16.5. The molecule has 1 rings (SSSR count). The Balaban J connectivity index is 2.00. The van der Waals surface area contributed by atoms with Crippen LogP contribution < -0.4 is 5.32 Å². The van der Waals surface area contributed by atoms with Gasteiger partial charge in [-0.05, 0) is 25.7 Å². The Morgan fingerprint density at radius 3 is 2.41 bits per heavy atom. The summed E-state index contributed by atoms with van der Waals surface area (Å²) in [5, 5.41) is 13.4. The van der Waals surface area contributed by atoms with Crippen molar-refractivity contribution in [2.75, 3.05) is 19.7 Å². The highest BCUT2D eigenvalue weighted by molar-refractivity contribution is 4.77. The fourth-order valence-corrected chi connectivity index (χ4v) is 2.35. The first-order valence-corrected chi connectivity index (χ1v) is 7.25. The molecule has 102 valence electrons. The maximum Gasteiger partial charge on any atom is 0.0766 e. The van der Waals surface area contributed by atoms with Crippen LogP contribution in [0.25, 0.3) is 0 Å². The SMILES string of the molecule is CCC(O)(CC)CNCCOC1CCCCC1. The topological polar surface area (TPSA) is 41.5 Å². The summed E-state index contributed by atoms with van der Waals surface area (Å²) in [5.41, 5.74) is -0.537. The Hall–Kier alpha value is -0.120. The van der Waals surface area contributed by atoms with Gasteiger partial charge in [-0.15, -0.1) is 0 Å². The fraction of sp³-hybridized carbons (Fsp3) is 1.00. The van der Waals surface area contributed by atoms with Crippen LogP contribution in [0.4, 0.5) is 0 Å². The molecule has 17 heavy (non-hydrogen) atoms. The summed E-state index contributed by atoms with van der Waals surface area (Å²) in [7, 11) is 0. The number of nitrogens with one attached hydrogen (secondary N) is 1. The number of hydrogen-bond donors (Lipinski definition) is 2. The van der Waals surface area contributed by atoms with Gasteiger partial charge < -0.3 is 15.2 Å². The van der Waals surface area contributed by atoms with E-state index in [4.69, 9.17) is 4.74 Å². The summed E-state index contributed by atoms with van der Waals surface area (Å²) in [4.78, 5) is 0. The van der Waals surface area contributed by atoms with E-state index < -0.39 is 5.60 Å². The molecular weight excluding hydrogens is 214 g/mol. The van der Waals surface area contributed by atoms with Gasteiger partial charge in [0.1, 0.15) is 0 Å². The van der Waals surface area contributed by atoms with Crippen LogP contribution in [0, 0.1) is 0 Å². The number of ether oxygens (including phenoxy) is 1. The van der Waals surface area contributed by atoms with Crippen LogP contribution in [-0.2, 0) is 4.74 Å². The Morgan fingerprint density at radius 2 is 1.82 bits per heavy atom. The maximum atomic E-state index is 10.1. The van der Waals surface area contributed by atoms with E-state index in [0.29, 0.717) is 12.6 Å². The second-order valence-electron chi connectivity index (χ2n) is 5.24. The van der Waals surface area contributed by atoms with Crippen molar-refractivity contribution in [1.82, 2.24) is 5.32 Å². The van der Waals surface area contributed by atoms with Crippen molar-refractivity contribution >= 4 is 0 Å². The smallest absolute Gasteiger partial charge is 0.0766 e. The van der Waals surface area contributed by atoms with Crippen LogP contribution in [0.2, 0.25) is 0 Å². The third-order valence-corrected chi connectivity index (χ3v) is 3.95. The molecule has 2 N–H and O–H groups in total. The van der Waals surface area contributed by atoms with Crippen molar-refractivity contribution in [3.8, 4) is 0 Å². The van der Waals surface area contributed by atoms with Crippen molar-refractivity contribution in [3.63, 3.8) is 0 Å². The molecular formula is C14H29NO2. The Labute approximate surface area is 106 Å². The standard InChI is InChI=1S/C14H29NO2/c1-3-14(16,4-2)12-15-10-11-17-13-8-6-5-7-9-13/h13,15-16H,3-12H2,1-2H3. The highest BCUT2D eigenvalue weighted by Crippen LogP contribution is 2.19. The van der Waals surface area contributed by atoms with Gasteiger partial charge in [-0.1, -0.05) is 33.1 Å². The average molecular weight is 243 g/mol. The van der Waals surface area contributed by atoms with Crippen molar-refractivity contribution in [2.45, 2.75) is 70.5 Å². The van der Waals surface area contributed by atoms with Gasteiger partial charge in [0.15, 0.2) is 0 Å². The van der Waals surface area contributed by atoms with Crippen molar-refractivity contribution < 1.29 is 9.84 Å². The largest absolute Gasteiger partial charge is 0.389 e. The van der Waals surface area contributed by atoms with Crippen molar-refractivity contribution in [2.24, 2.45) is 0 Å². The summed E-state index contributed by atoms with van der Waals surface area (Å²) in [6.45, 7) is 6.36. The van der Waals surface area contributed by atoms with Gasteiger partial charge in [-0.25, -0.2) is 0 Å². The molecule has 0 spiro atoms. The summed E-state index contributed by atoms with van der Waals surface area (Å²) in [6.07, 6.45) is 8.58. The molecule has 1 saturated carbocycles. The molecule has 0 aromatic carbocycles. The lowest BCUT2D eigenvalue weighted by atomic mass is 9.97. The van der Waals surface area contributed by atoms with E-state index in [2.05, 4.69) is 5.32 Å². The third kappa shape index (κ3) is 5.84. The summed E-state index contributed by atoms with van der Waals surface area (Å²) < 4.78 is 5.82. The van der Waals surface area contributed by atoms with Gasteiger partial charge in [0.2, 0.25) is 0 Å². The Morgan fingerprint density at radius 1 is 1.18 bits per heavy atom. The second-order valence-corrected chi connectivity index (χ2v) is 5.24. The number of rotatable bonds is 8. The van der Waals surface area contributed by atoms with Gasteiger partial charge in [-0.2, -0.15) is 0 Å². The van der Waals surface area contributed by atoms with Crippen molar-refractivity contribution in [1.29, 1.82) is 0 Å². The molecule has 0 radical (unpaired) electrons.